The molecule has 2 aliphatic carbocycles. The Morgan fingerprint density at radius 2 is 2.06 bits per heavy atom. The van der Waals surface area contributed by atoms with Crippen LogP contribution >= 0.6 is 0 Å². The Bertz CT molecular complexity index is 315. The highest BCUT2D eigenvalue weighted by Crippen LogP contribution is 2.48. The van der Waals surface area contributed by atoms with Gasteiger partial charge in [-0.2, -0.15) is 0 Å². The van der Waals surface area contributed by atoms with Crippen LogP contribution < -0.4 is 5.73 Å². The van der Waals surface area contributed by atoms with Crippen LogP contribution in [-0.2, 0) is 4.79 Å². The molecule has 3 heteroatoms. The third-order valence-corrected chi connectivity index (χ3v) is 5.44. The predicted octanol–water partition coefficient (Wildman–Crippen LogP) is 1.62. The van der Waals surface area contributed by atoms with Crippen LogP contribution in [0, 0.1) is 23.7 Å². The fraction of sp³-hybridized carbons (Fsp3) is 0.929. The Kier molecular flexibility index (Phi) is 2.89. The molecule has 2 N–H and O–H groups in total. The van der Waals surface area contributed by atoms with Crippen molar-refractivity contribution in [1.82, 2.24) is 4.90 Å². The summed E-state index contributed by atoms with van der Waals surface area (Å²) in [4.78, 5) is 14.7. The SMILES string of the molecule is CCC1CCN(C(=O)C2C3CCC(C3)C2N)C1. The lowest BCUT2D eigenvalue weighted by Gasteiger charge is -2.30. The van der Waals surface area contributed by atoms with Gasteiger partial charge in [0.25, 0.3) is 0 Å². The summed E-state index contributed by atoms with van der Waals surface area (Å²) in [6.07, 6.45) is 6.10. The lowest BCUT2D eigenvalue weighted by Crippen LogP contribution is -2.46. The number of hydrogen-bond donors (Lipinski definition) is 1. The highest BCUT2D eigenvalue weighted by Gasteiger charge is 2.50. The Morgan fingerprint density at radius 3 is 2.65 bits per heavy atom. The van der Waals surface area contributed by atoms with Crippen LogP contribution in [0.4, 0.5) is 0 Å². The number of nitrogens with two attached hydrogens (primary N) is 1. The Labute approximate surface area is 104 Å². The number of amides is 1. The van der Waals surface area contributed by atoms with Crippen molar-refractivity contribution in [3.05, 3.63) is 0 Å². The monoisotopic (exact) mass is 236 g/mol. The molecule has 0 aromatic rings. The van der Waals surface area contributed by atoms with Gasteiger partial charge >= 0.3 is 0 Å². The normalized spacial score (nSPS) is 44.6. The van der Waals surface area contributed by atoms with E-state index in [1.54, 1.807) is 0 Å². The molecular formula is C14H24N2O. The summed E-state index contributed by atoms with van der Waals surface area (Å²) < 4.78 is 0. The second kappa shape index (κ2) is 4.27. The fourth-order valence-corrected chi connectivity index (χ4v) is 4.28. The zero-order valence-corrected chi connectivity index (χ0v) is 10.8. The third-order valence-electron chi connectivity index (χ3n) is 5.44. The quantitative estimate of drug-likeness (QED) is 0.792. The van der Waals surface area contributed by atoms with Gasteiger partial charge in [-0.1, -0.05) is 13.3 Å². The molecule has 3 nitrogen and oxygen atoms in total. The first-order valence-electron chi connectivity index (χ1n) is 7.25. The summed E-state index contributed by atoms with van der Waals surface area (Å²) in [6, 6.07) is 0.155. The first-order valence-corrected chi connectivity index (χ1v) is 7.25. The highest BCUT2D eigenvalue weighted by molar-refractivity contribution is 5.80. The minimum absolute atomic E-state index is 0.155. The molecule has 3 fully saturated rings. The van der Waals surface area contributed by atoms with Gasteiger partial charge in [-0.25, -0.2) is 0 Å². The summed E-state index contributed by atoms with van der Waals surface area (Å²) in [7, 11) is 0. The van der Waals surface area contributed by atoms with E-state index in [9.17, 15) is 4.79 Å². The van der Waals surface area contributed by atoms with Crippen molar-refractivity contribution >= 4 is 5.91 Å². The largest absolute Gasteiger partial charge is 0.342 e. The summed E-state index contributed by atoms with van der Waals surface area (Å²) in [5.41, 5.74) is 6.25. The molecule has 5 unspecified atom stereocenters. The molecule has 3 aliphatic rings. The van der Waals surface area contributed by atoms with Crippen molar-refractivity contribution in [2.75, 3.05) is 13.1 Å². The number of fused-ring (bicyclic) bond motifs is 2. The molecule has 0 radical (unpaired) electrons. The maximum Gasteiger partial charge on any atom is 0.227 e. The first kappa shape index (κ1) is 11.5. The van der Waals surface area contributed by atoms with E-state index in [0.29, 0.717) is 17.7 Å². The molecule has 2 saturated carbocycles. The predicted molar refractivity (Wildman–Crippen MR) is 67.3 cm³/mol. The second-order valence-corrected chi connectivity index (χ2v) is 6.28. The zero-order valence-electron chi connectivity index (χ0n) is 10.8. The van der Waals surface area contributed by atoms with E-state index < -0.39 is 0 Å². The Balaban J connectivity index is 1.67. The van der Waals surface area contributed by atoms with E-state index in [1.807, 2.05) is 0 Å². The van der Waals surface area contributed by atoms with E-state index in [0.717, 1.165) is 19.0 Å². The van der Waals surface area contributed by atoms with Crippen molar-refractivity contribution in [1.29, 1.82) is 0 Å². The molecule has 1 aliphatic heterocycles. The number of likely N-dealkylation sites (tertiary alicyclic amines) is 1. The van der Waals surface area contributed by atoms with E-state index >= 15 is 0 Å². The average Bonchev–Trinajstić information content (AvgIpc) is 3.03. The summed E-state index contributed by atoms with van der Waals surface area (Å²) in [5, 5.41) is 0. The van der Waals surface area contributed by atoms with Crippen LogP contribution in [0.2, 0.25) is 0 Å². The van der Waals surface area contributed by atoms with E-state index in [-0.39, 0.29) is 12.0 Å². The van der Waals surface area contributed by atoms with Crippen molar-refractivity contribution < 1.29 is 4.79 Å². The second-order valence-electron chi connectivity index (χ2n) is 6.28. The standard InChI is InChI=1S/C14H24N2O/c1-2-9-5-6-16(8-9)14(17)12-10-3-4-11(7-10)13(12)15/h9-13H,2-8,15H2,1H3. The van der Waals surface area contributed by atoms with Crippen molar-refractivity contribution in [3.8, 4) is 0 Å². The fourth-order valence-electron chi connectivity index (χ4n) is 4.28. The molecule has 0 aromatic carbocycles. The third kappa shape index (κ3) is 1.79. The van der Waals surface area contributed by atoms with Gasteiger partial charge in [-0.05, 0) is 43.4 Å². The maximum absolute atomic E-state index is 12.6. The van der Waals surface area contributed by atoms with Crippen LogP contribution in [0.1, 0.15) is 39.0 Å². The van der Waals surface area contributed by atoms with Gasteiger partial charge in [0.2, 0.25) is 5.91 Å². The lowest BCUT2D eigenvalue weighted by atomic mass is 9.84. The smallest absolute Gasteiger partial charge is 0.227 e. The van der Waals surface area contributed by atoms with Gasteiger partial charge in [-0.3, -0.25) is 4.79 Å². The minimum Gasteiger partial charge on any atom is -0.342 e. The first-order chi connectivity index (χ1) is 8.20. The molecular weight excluding hydrogens is 212 g/mol. The van der Waals surface area contributed by atoms with E-state index in [4.69, 9.17) is 5.73 Å². The molecule has 1 amide bonds. The van der Waals surface area contributed by atoms with Gasteiger partial charge in [0.15, 0.2) is 0 Å². The van der Waals surface area contributed by atoms with Gasteiger partial charge < -0.3 is 10.6 Å². The van der Waals surface area contributed by atoms with E-state index in [2.05, 4.69) is 11.8 Å². The van der Waals surface area contributed by atoms with E-state index in [1.165, 1.54) is 32.1 Å². The topological polar surface area (TPSA) is 46.3 Å². The molecule has 0 spiro atoms. The molecule has 3 rings (SSSR count). The van der Waals surface area contributed by atoms with Gasteiger partial charge in [-0.15, -0.1) is 0 Å². The lowest BCUT2D eigenvalue weighted by molar-refractivity contribution is -0.136. The molecule has 1 saturated heterocycles. The number of rotatable bonds is 2. The van der Waals surface area contributed by atoms with Crippen molar-refractivity contribution in [3.63, 3.8) is 0 Å². The van der Waals surface area contributed by atoms with Crippen LogP contribution in [-0.4, -0.2) is 29.9 Å². The molecule has 96 valence electrons. The summed E-state index contributed by atoms with van der Waals surface area (Å²) >= 11 is 0. The van der Waals surface area contributed by atoms with Crippen molar-refractivity contribution in [2.24, 2.45) is 29.4 Å². The maximum atomic E-state index is 12.6. The molecule has 17 heavy (non-hydrogen) atoms. The van der Waals surface area contributed by atoms with Crippen LogP contribution in [0.5, 0.6) is 0 Å². The molecule has 1 heterocycles. The summed E-state index contributed by atoms with van der Waals surface area (Å²) in [6.45, 7) is 4.18. The van der Waals surface area contributed by atoms with Crippen LogP contribution in [0.3, 0.4) is 0 Å². The van der Waals surface area contributed by atoms with Gasteiger partial charge in [0.1, 0.15) is 0 Å². The number of carbonyl (C=O) groups is 1. The Morgan fingerprint density at radius 1 is 1.29 bits per heavy atom. The molecule has 0 aromatic heterocycles. The zero-order chi connectivity index (χ0) is 12.0. The van der Waals surface area contributed by atoms with Gasteiger partial charge in [0, 0.05) is 19.1 Å². The van der Waals surface area contributed by atoms with Crippen LogP contribution in [0.25, 0.3) is 0 Å². The number of nitrogens with zero attached hydrogens (tertiary/aromatic N) is 1. The minimum atomic E-state index is 0.155. The molecule has 2 bridgehead atoms. The number of hydrogen-bond acceptors (Lipinski definition) is 2. The molecule has 5 atom stereocenters. The van der Waals surface area contributed by atoms with Crippen LogP contribution in [0.15, 0.2) is 0 Å². The highest BCUT2D eigenvalue weighted by atomic mass is 16.2. The van der Waals surface area contributed by atoms with Gasteiger partial charge in [0.05, 0.1) is 5.92 Å². The number of carbonyl (C=O) groups excluding carboxylic acids is 1. The average molecular weight is 236 g/mol. The summed E-state index contributed by atoms with van der Waals surface area (Å²) in [5.74, 6) is 2.50. The Hall–Kier alpha value is -0.570. The van der Waals surface area contributed by atoms with Crippen molar-refractivity contribution in [2.45, 2.75) is 45.1 Å².